The number of hydrogen-bond donors (Lipinski definition) is 1. The lowest BCUT2D eigenvalue weighted by atomic mass is 10.1. The summed E-state index contributed by atoms with van der Waals surface area (Å²) in [6, 6.07) is 11.6. The van der Waals surface area contributed by atoms with Crippen molar-refractivity contribution in [3.05, 3.63) is 63.3 Å². The Hall–Kier alpha value is -3.44. The van der Waals surface area contributed by atoms with Gasteiger partial charge in [-0.25, -0.2) is 4.79 Å². The normalized spacial score (nSPS) is 11.8. The number of fused-ring (bicyclic) bond motifs is 1. The lowest BCUT2D eigenvalue weighted by Crippen LogP contribution is -2.17. The minimum Gasteiger partial charge on any atom is -0.453 e. The smallest absolute Gasteiger partial charge is 0.348 e. The number of esters is 1. The van der Waals surface area contributed by atoms with Crippen LogP contribution < -0.4 is 5.73 Å². The number of nitriles is 1. The molecule has 0 saturated carbocycles. The molecule has 3 aromatic rings. The van der Waals surface area contributed by atoms with Crippen LogP contribution >= 0.6 is 11.3 Å². The number of hydrogen-bond acceptors (Lipinski definition) is 7. The van der Waals surface area contributed by atoms with Gasteiger partial charge < -0.3 is 10.5 Å². The fourth-order valence-electron chi connectivity index (χ4n) is 2.83. The van der Waals surface area contributed by atoms with Gasteiger partial charge in [-0.05, 0) is 32.4 Å². The lowest BCUT2D eigenvalue weighted by molar-refractivity contribution is -0.118. The predicted molar refractivity (Wildman–Crippen MR) is 110 cm³/mol. The summed E-state index contributed by atoms with van der Waals surface area (Å²) in [5.41, 5.74) is 8.50. The first-order valence-corrected chi connectivity index (χ1v) is 9.71. The topological polar surface area (TPSA) is 111 Å². The second-order valence-corrected chi connectivity index (χ2v) is 7.76. The molecule has 29 heavy (non-hydrogen) atoms. The van der Waals surface area contributed by atoms with Crippen molar-refractivity contribution in [2.75, 3.05) is 6.61 Å². The summed E-state index contributed by atoms with van der Waals surface area (Å²) in [5.74, 6) is -1.24. The van der Waals surface area contributed by atoms with Crippen LogP contribution in [0.1, 0.15) is 33.4 Å². The number of carbonyl (C=O) groups excluding carboxylic acids is 2. The summed E-state index contributed by atoms with van der Waals surface area (Å²) in [6.07, 6.45) is 0. The van der Waals surface area contributed by atoms with Crippen LogP contribution in [0.15, 0.2) is 41.6 Å². The SMILES string of the molecule is C/C(N)=C(/C#N)C(=O)COC(=O)c1cc2c(C)nn(Cc3ccc(C)cc3)c2s1. The van der Waals surface area contributed by atoms with Crippen LogP contribution in [0.2, 0.25) is 0 Å². The Morgan fingerprint density at radius 1 is 1.28 bits per heavy atom. The average Bonchev–Trinajstić information content (AvgIpc) is 3.23. The van der Waals surface area contributed by atoms with Gasteiger partial charge in [0.15, 0.2) is 6.61 Å². The molecule has 7 nitrogen and oxygen atoms in total. The van der Waals surface area contributed by atoms with Crippen LogP contribution in [0.3, 0.4) is 0 Å². The zero-order chi connectivity index (χ0) is 21.1. The highest BCUT2D eigenvalue weighted by molar-refractivity contribution is 7.20. The molecule has 0 fully saturated rings. The number of carbonyl (C=O) groups is 2. The maximum atomic E-state index is 12.4. The zero-order valence-corrected chi connectivity index (χ0v) is 17.2. The maximum absolute atomic E-state index is 12.4. The van der Waals surface area contributed by atoms with Gasteiger partial charge in [-0.1, -0.05) is 29.8 Å². The number of benzene rings is 1. The molecule has 0 atom stereocenters. The van der Waals surface area contributed by atoms with E-state index in [1.54, 1.807) is 12.1 Å². The van der Waals surface area contributed by atoms with E-state index in [-0.39, 0.29) is 11.3 Å². The van der Waals surface area contributed by atoms with Gasteiger partial charge in [-0.2, -0.15) is 10.4 Å². The molecule has 0 aliphatic rings. The van der Waals surface area contributed by atoms with E-state index < -0.39 is 18.4 Å². The third kappa shape index (κ3) is 4.36. The molecule has 8 heteroatoms. The van der Waals surface area contributed by atoms with Gasteiger partial charge in [0.05, 0.1) is 12.2 Å². The molecule has 148 valence electrons. The molecule has 0 radical (unpaired) electrons. The van der Waals surface area contributed by atoms with Crippen LogP contribution in [-0.2, 0) is 16.1 Å². The highest BCUT2D eigenvalue weighted by Gasteiger charge is 2.20. The fourth-order valence-corrected chi connectivity index (χ4v) is 3.89. The van der Waals surface area contributed by atoms with Gasteiger partial charge in [0.2, 0.25) is 5.78 Å². The van der Waals surface area contributed by atoms with E-state index >= 15 is 0 Å². The van der Waals surface area contributed by atoms with E-state index in [1.165, 1.54) is 23.8 Å². The second kappa shape index (κ2) is 8.29. The highest BCUT2D eigenvalue weighted by Crippen LogP contribution is 2.29. The number of ketones is 1. The summed E-state index contributed by atoms with van der Waals surface area (Å²) in [5, 5.41) is 14.4. The molecule has 0 amide bonds. The van der Waals surface area contributed by atoms with Crippen molar-refractivity contribution in [3.63, 3.8) is 0 Å². The van der Waals surface area contributed by atoms with Gasteiger partial charge in [-0.15, -0.1) is 11.3 Å². The quantitative estimate of drug-likeness (QED) is 0.381. The van der Waals surface area contributed by atoms with Gasteiger partial charge in [0.1, 0.15) is 21.3 Å². The first kappa shape index (κ1) is 20.3. The largest absolute Gasteiger partial charge is 0.453 e. The van der Waals surface area contributed by atoms with Gasteiger partial charge in [0.25, 0.3) is 0 Å². The standard InChI is InChI=1S/C21H20N4O3S/c1-12-4-6-15(7-5-12)10-25-20-16(14(3)24-25)8-19(29-20)21(27)28-11-18(26)17(9-22)13(2)23/h4-8H,10-11,23H2,1-3H3/b17-13+. The van der Waals surface area contributed by atoms with Gasteiger partial charge in [0, 0.05) is 11.1 Å². The van der Waals surface area contributed by atoms with E-state index in [0.717, 1.165) is 21.5 Å². The molecule has 0 spiro atoms. The number of rotatable bonds is 6. The van der Waals surface area contributed by atoms with E-state index in [9.17, 15) is 9.59 Å². The third-order valence-corrected chi connectivity index (χ3v) is 5.51. The summed E-state index contributed by atoms with van der Waals surface area (Å²) in [7, 11) is 0. The predicted octanol–water partition coefficient (Wildman–Crippen LogP) is 3.25. The van der Waals surface area contributed by atoms with Crippen molar-refractivity contribution >= 4 is 33.3 Å². The van der Waals surface area contributed by atoms with E-state index in [2.05, 4.69) is 5.10 Å². The van der Waals surface area contributed by atoms with Crippen molar-refractivity contribution in [2.24, 2.45) is 5.73 Å². The number of nitrogens with two attached hydrogens (primary N) is 1. The fraction of sp³-hybridized carbons (Fsp3) is 0.238. The summed E-state index contributed by atoms with van der Waals surface area (Å²) in [6.45, 7) is 5.43. The molecule has 2 aromatic heterocycles. The second-order valence-electron chi connectivity index (χ2n) is 6.73. The number of allylic oxidation sites excluding steroid dienone is 1. The van der Waals surface area contributed by atoms with E-state index in [1.807, 2.05) is 42.8 Å². The molecule has 0 aliphatic heterocycles. The van der Waals surface area contributed by atoms with Crippen LogP contribution in [0.5, 0.6) is 0 Å². The Morgan fingerprint density at radius 2 is 1.97 bits per heavy atom. The summed E-state index contributed by atoms with van der Waals surface area (Å²) < 4.78 is 6.94. The van der Waals surface area contributed by atoms with E-state index in [4.69, 9.17) is 15.7 Å². The minimum absolute atomic E-state index is 0.0993. The molecule has 0 unspecified atom stereocenters. The molecule has 2 N–H and O–H groups in total. The van der Waals surface area contributed by atoms with Crippen LogP contribution in [0.4, 0.5) is 0 Å². The van der Waals surface area contributed by atoms with Crippen molar-refractivity contribution in [1.82, 2.24) is 9.78 Å². The van der Waals surface area contributed by atoms with Crippen molar-refractivity contribution in [3.8, 4) is 6.07 Å². The molecule has 0 bridgehead atoms. The summed E-state index contributed by atoms with van der Waals surface area (Å²) >= 11 is 1.26. The van der Waals surface area contributed by atoms with Crippen LogP contribution in [0.25, 0.3) is 10.2 Å². The Balaban J connectivity index is 1.78. The highest BCUT2D eigenvalue weighted by atomic mass is 32.1. The molecular formula is C21H20N4O3S. The Bertz CT molecular complexity index is 1160. The number of thiophene rings is 1. The Labute approximate surface area is 172 Å². The molecule has 0 saturated heterocycles. The average molecular weight is 408 g/mol. The minimum atomic E-state index is -0.622. The summed E-state index contributed by atoms with van der Waals surface area (Å²) in [4.78, 5) is 25.6. The molecule has 2 heterocycles. The lowest BCUT2D eigenvalue weighted by Gasteiger charge is -2.04. The van der Waals surface area contributed by atoms with E-state index in [0.29, 0.717) is 11.4 Å². The number of aromatic nitrogens is 2. The van der Waals surface area contributed by atoms with Crippen molar-refractivity contribution in [2.45, 2.75) is 27.3 Å². The molecule has 1 aromatic carbocycles. The first-order valence-electron chi connectivity index (χ1n) is 8.89. The third-order valence-electron chi connectivity index (χ3n) is 4.38. The first-order chi connectivity index (χ1) is 13.8. The molecule has 3 rings (SSSR count). The maximum Gasteiger partial charge on any atom is 0.348 e. The monoisotopic (exact) mass is 408 g/mol. The van der Waals surface area contributed by atoms with Crippen LogP contribution in [0, 0.1) is 25.2 Å². The number of Topliss-reactive ketones (excluding diaryl/α,β-unsaturated/α-hetero) is 1. The Morgan fingerprint density at radius 3 is 2.59 bits per heavy atom. The van der Waals surface area contributed by atoms with Crippen molar-refractivity contribution < 1.29 is 14.3 Å². The number of ether oxygens (including phenoxy) is 1. The van der Waals surface area contributed by atoms with Crippen LogP contribution in [-0.4, -0.2) is 28.1 Å². The van der Waals surface area contributed by atoms with Gasteiger partial charge >= 0.3 is 5.97 Å². The number of aryl methyl sites for hydroxylation is 2. The molecular weight excluding hydrogens is 388 g/mol. The number of nitrogens with zero attached hydrogens (tertiary/aromatic N) is 3. The van der Waals surface area contributed by atoms with Gasteiger partial charge in [-0.3, -0.25) is 9.48 Å². The zero-order valence-electron chi connectivity index (χ0n) is 16.4. The van der Waals surface area contributed by atoms with Crippen molar-refractivity contribution in [1.29, 1.82) is 5.26 Å². The molecule has 0 aliphatic carbocycles. The Kier molecular flexibility index (Phi) is 5.80.